The molecule has 0 saturated heterocycles. The predicted octanol–water partition coefficient (Wildman–Crippen LogP) is 0.815. The van der Waals surface area contributed by atoms with Gasteiger partial charge >= 0.3 is 0 Å². The molecule has 0 aliphatic rings. The molecule has 0 unspecified atom stereocenters. The topological polar surface area (TPSA) is 64.3 Å². The fourth-order valence-corrected chi connectivity index (χ4v) is 1.51. The third-order valence-corrected chi connectivity index (χ3v) is 2.20. The molecule has 13 heavy (non-hydrogen) atoms. The highest BCUT2D eigenvalue weighted by Crippen LogP contribution is 2.07. The minimum absolute atomic E-state index is 0.0999. The molecule has 1 aromatic heterocycles. The van der Waals surface area contributed by atoms with Crippen molar-refractivity contribution in [3.63, 3.8) is 0 Å². The van der Waals surface area contributed by atoms with Crippen LogP contribution in [0, 0.1) is 6.92 Å². The van der Waals surface area contributed by atoms with E-state index in [4.69, 9.17) is 4.42 Å². The lowest BCUT2D eigenvalue weighted by molar-refractivity contribution is 0.0989. The second kappa shape index (κ2) is 3.33. The number of Topliss-reactive ketones (excluding diaryl/α,β-unsaturated/α-hetero) is 1. The maximum absolute atomic E-state index is 11.2. The number of rotatable bonds is 3. The van der Waals surface area contributed by atoms with Crippen LogP contribution in [0.25, 0.3) is 0 Å². The SMILES string of the molecule is Cc1ccc(C(=O)CS(C)(=O)=O)o1. The lowest BCUT2D eigenvalue weighted by Gasteiger charge is -1.93. The zero-order chi connectivity index (χ0) is 10.1. The normalized spacial score (nSPS) is 11.5. The van der Waals surface area contributed by atoms with Gasteiger partial charge in [-0.15, -0.1) is 0 Å². The van der Waals surface area contributed by atoms with Crippen molar-refractivity contribution in [2.24, 2.45) is 0 Å². The summed E-state index contributed by atoms with van der Waals surface area (Å²) in [7, 11) is -3.27. The standard InChI is InChI=1S/C8H10O4S/c1-6-3-4-8(12-6)7(9)5-13(2,10)11/h3-4H,5H2,1-2H3. The Morgan fingerprint density at radius 1 is 1.46 bits per heavy atom. The van der Waals surface area contributed by atoms with E-state index in [9.17, 15) is 13.2 Å². The summed E-state index contributed by atoms with van der Waals surface area (Å²) in [6.45, 7) is 1.69. The third kappa shape index (κ3) is 3.02. The molecule has 1 heterocycles. The Labute approximate surface area is 76.5 Å². The van der Waals surface area contributed by atoms with Gasteiger partial charge in [-0.25, -0.2) is 8.42 Å². The van der Waals surface area contributed by atoms with E-state index in [1.165, 1.54) is 6.07 Å². The molecular formula is C8H10O4S. The summed E-state index contributed by atoms with van der Waals surface area (Å²) in [6, 6.07) is 3.10. The van der Waals surface area contributed by atoms with Crippen molar-refractivity contribution in [3.05, 3.63) is 23.7 Å². The maximum Gasteiger partial charge on any atom is 0.212 e. The maximum atomic E-state index is 11.2. The van der Waals surface area contributed by atoms with Crippen LogP contribution in [0.2, 0.25) is 0 Å². The van der Waals surface area contributed by atoms with E-state index in [1.807, 2.05) is 0 Å². The number of aryl methyl sites for hydroxylation is 1. The van der Waals surface area contributed by atoms with E-state index < -0.39 is 21.4 Å². The van der Waals surface area contributed by atoms with E-state index in [1.54, 1.807) is 13.0 Å². The van der Waals surface area contributed by atoms with E-state index in [2.05, 4.69) is 0 Å². The third-order valence-electron chi connectivity index (χ3n) is 1.41. The monoisotopic (exact) mass is 202 g/mol. The quantitative estimate of drug-likeness (QED) is 0.680. The fourth-order valence-electron chi connectivity index (χ4n) is 0.894. The van der Waals surface area contributed by atoms with Crippen molar-refractivity contribution in [2.45, 2.75) is 6.92 Å². The molecule has 0 saturated carbocycles. The van der Waals surface area contributed by atoms with E-state index in [0.29, 0.717) is 5.76 Å². The van der Waals surface area contributed by atoms with Gasteiger partial charge in [-0.05, 0) is 19.1 Å². The molecule has 1 aromatic rings. The van der Waals surface area contributed by atoms with Gasteiger partial charge in [0.2, 0.25) is 5.78 Å². The number of carbonyl (C=O) groups excluding carboxylic acids is 1. The Bertz CT molecular complexity index is 413. The largest absolute Gasteiger partial charge is 0.458 e. The number of carbonyl (C=O) groups is 1. The van der Waals surface area contributed by atoms with Gasteiger partial charge in [0.1, 0.15) is 11.5 Å². The minimum atomic E-state index is -3.27. The molecule has 0 aromatic carbocycles. The summed E-state index contributed by atoms with van der Waals surface area (Å²) < 4.78 is 26.5. The van der Waals surface area contributed by atoms with Crippen molar-refractivity contribution < 1.29 is 17.6 Å². The van der Waals surface area contributed by atoms with Gasteiger partial charge in [0.25, 0.3) is 0 Å². The number of furan rings is 1. The van der Waals surface area contributed by atoms with Gasteiger partial charge in [-0.2, -0.15) is 0 Å². The first kappa shape index (κ1) is 9.98. The van der Waals surface area contributed by atoms with E-state index in [0.717, 1.165) is 6.26 Å². The summed E-state index contributed by atoms with van der Waals surface area (Å²) in [6.07, 6.45) is 1.01. The first-order valence-electron chi connectivity index (χ1n) is 3.66. The van der Waals surface area contributed by atoms with Gasteiger partial charge in [-0.3, -0.25) is 4.79 Å². The van der Waals surface area contributed by atoms with E-state index in [-0.39, 0.29) is 5.76 Å². The molecule has 0 aliphatic heterocycles. The van der Waals surface area contributed by atoms with Crippen molar-refractivity contribution in [1.82, 2.24) is 0 Å². The Kier molecular flexibility index (Phi) is 2.56. The zero-order valence-corrected chi connectivity index (χ0v) is 8.22. The van der Waals surface area contributed by atoms with Crippen LogP contribution in [-0.2, 0) is 9.84 Å². The average Bonchev–Trinajstić information content (AvgIpc) is 2.31. The molecule has 72 valence electrons. The van der Waals surface area contributed by atoms with Crippen LogP contribution >= 0.6 is 0 Å². The Hall–Kier alpha value is -1.10. The lowest BCUT2D eigenvalue weighted by Crippen LogP contribution is -2.13. The van der Waals surface area contributed by atoms with Crippen molar-refractivity contribution >= 4 is 15.6 Å². The highest BCUT2D eigenvalue weighted by Gasteiger charge is 2.15. The molecule has 0 aliphatic carbocycles. The smallest absolute Gasteiger partial charge is 0.212 e. The van der Waals surface area contributed by atoms with Crippen LogP contribution in [0.15, 0.2) is 16.5 Å². The number of sulfone groups is 1. The molecule has 0 amide bonds. The molecule has 4 nitrogen and oxygen atoms in total. The molecule has 0 N–H and O–H groups in total. The lowest BCUT2D eigenvalue weighted by atomic mass is 10.3. The van der Waals surface area contributed by atoms with Crippen LogP contribution in [-0.4, -0.2) is 26.2 Å². The summed E-state index contributed by atoms with van der Waals surface area (Å²) in [4.78, 5) is 11.2. The average molecular weight is 202 g/mol. The molecule has 1 rings (SSSR count). The summed E-state index contributed by atoms with van der Waals surface area (Å²) >= 11 is 0. The highest BCUT2D eigenvalue weighted by atomic mass is 32.2. The first-order chi connectivity index (χ1) is 5.88. The van der Waals surface area contributed by atoms with Crippen LogP contribution in [0.1, 0.15) is 16.3 Å². The van der Waals surface area contributed by atoms with Crippen LogP contribution in [0.3, 0.4) is 0 Å². The summed E-state index contributed by atoms with van der Waals surface area (Å²) in [5.41, 5.74) is 0. The summed E-state index contributed by atoms with van der Waals surface area (Å²) in [5.74, 6) is -0.310. The van der Waals surface area contributed by atoms with Gasteiger partial charge in [-0.1, -0.05) is 0 Å². The molecule has 0 spiro atoms. The number of hydrogen-bond donors (Lipinski definition) is 0. The highest BCUT2D eigenvalue weighted by molar-refractivity contribution is 7.91. The second-order valence-corrected chi connectivity index (χ2v) is 5.04. The first-order valence-corrected chi connectivity index (χ1v) is 5.72. The molecular weight excluding hydrogens is 192 g/mol. The molecule has 0 atom stereocenters. The second-order valence-electron chi connectivity index (χ2n) is 2.90. The van der Waals surface area contributed by atoms with Gasteiger partial charge in [0, 0.05) is 6.26 Å². The number of ketones is 1. The Morgan fingerprint density at radius 2 is 2.08 bits per heavy atom. The van der Waals surface area contributed by atoms with Gasteiger partial charge in [0.15, 0.2) is 15.6 Å². The Balaban J connectivity index is 2.81. The molecule has 0 bridgehead atoms. The minimum Gasteiger partial charge on any atom is -0.458 e. The van der Waals surface area contributed by atoms with Crippen molar-refractivity contribution in [2.75, 3.05) is 12.0 Å². The fraction of sp³-hybridized carbons (Fsp3) is 0.375. The van der Waals surface area contributed by atoms with Crippen LogP contribution in [0.4, 0.5) is 0 Å². The molecule has 0 radical (unpaired) electrons. The van der Waals surface area contributed by atoms with Crippen molar-refractivity contribution in [3.8, 4) is 0 Å². The van der Waals surface area contributed by atoms with Crippen molar-refractivity contribution in [1.29, 1.82) is 0 Å². The van der Waals surface area contributed by atoms with Crippen LogP contribution < -0.4 is 0 Å². The molecule has 0 fully saturated rings. The summed E-state index contributed by atoms with van der Waals surface area (Å²) in [5, 5.41) is 0. The Morgan fingerprint density at radius 3 is 2.46 bits per heavy atom. The molecule has 5 heteroatoms. The van der Waals surface area contributed by atoms with Crippen LogP contribution in [0.5, 0.6) is 0 Å². The zero-order valence-electron chi connectivity index (χ0n) is 7.40. The predicted molar refractivity (Wildman–Crippen MR) is 47.5 cm³/mol. The van der Waals surface area contributed by atoms with Gasteiger partial charge < -0.3 is 4.42 Å². The van der Waals surface area contributed by atoms with Gasteiger partial charge in [0.05, 0.1) is 0 Å². The van der Waals surface area contributed by atoms with E-state index >= 15 is 0 Å². The number of hydrogen-bond acceptors (Lipinski definition) is 4.